The van der Waals surface area contributed by atoms with Crippen molar-refractivity contribution < 1.29 is 9.32 Å². The summed E-state index contributed by atoms with van der Waals surface area (Å²) < 4.78 is 5.56. The number of benzene rings is 2. The number of amides is 1. The lowest BCUT2D eigenvalue weighted by Crippen LogP contribution is -2.37. The fourth-order valence-electron chi connectivity index (χ4n) is 3.55. The van der Waals surface area contributed by atoms with Gasteiger partial charge in [-0.05, 0) is 43.9 Å². The number of aryl methyl sites for hydroxylation is 1. The van der Waals surface area contributed by atoms with Crippen LogP contribution in [0.25, 0.3) is 17.5 Å². The molecule has 0 radical (unpaired) electrons. The quantitative estimate of drug-likeness (QED) is 0.616. The first-order valence-electron chi connectivity index (χ1n) is 9.65. The van der Waals surface area contributed by atoms with Crippen molar-refractivity contribution in [2.45, 2.75) is 32.2 Å². The molecule has 28 heavy (non-hydrogen) atoms. The molecule has 1 amide bonds. The molecule has 5 heteroatoms. The average Bonchev–Trinajstić information content (AvgIpc) is 3.23. The molecule has 3 aromatic rings. The van der Waals surface area contributed by atoms with Crippen LogP contribution in [0.15, 0.2) is 65.2 Å². The monoisotopic (exact) mass is 373 g/mol. The number of carbonyl (C=O) groups excluding carboxylic acids is 1. The van der Waals surface area contributed by atoms with Gasteiger partial charge in [0.2, 0.25) is 17.6 Å². The van der Waals surface area contributed by atoms with Gasteiger partial charge in [0, 0.05) is 18.2 Å². The van der Waals surface area contributed by atoms with Gasteiger partial charge in [-0.2, -0.15) is 4.98 Å². The molecule has 0 spiro atoms. The molecule has 1 unspecified atom stereocenters. The first-order chi connectivity index (χ1) is 13.7. The third kappa shape index (κ3) is 4.03. The van der Waals surface area contributed by atoms with Crippen LogP contribution in [0.2, 0.25) is 0 Å². The highest BCUT2D eigenvalue weighted by Crippen LogP contribution is 2.31. The van der Waals surface area contributed by atoms with Gasteiger partial charge in [0.1, 0.15) is 6.04 Å². The van der Waals surface area contributed by atoms with E-state index in [1.807, 2.05) is 72.5 Å². The Morgan fingerprint density at radius 1 is 1.14 bits per heavy atom. The van der Waals surface area contributed by atoms with Crippen molar-refractivity contribution in [3.63, 3.8) is 0 Å². The van der Waals surface area contributed by atoms with Gasteiger partial charge in [-0.3, -0.25) is 4.79 Å². The Morgan fingerprint density at radius 2 is 2.00 bits per heavy atom. The fourth-order valence-corrected chi connectivity index (χ4v) is 3.55. The predicted octanol–water partition coefficient (Wildman–Crippen LogP) is 4.81. The maximum atomic E-state index is 12.8. The number of hydrogen-bond acceptors (Lipinski definition) is 4. The topological polar surface area (TPSA) is 59.2 Å². The van der Waals surface area contributed by atoms with Crippen LogP contribution in [0.1, 0.15) is 42.3 Å². The highest BCUT2D eigenvalue weighted by molar-refractivity contribution is 5.92. The number of rotatable bonds is 4. The van der Waals surface area contributed by atoms with E-state index in [0.29, 0.717) is 18.3 Å². The van der Waals surface area contributed by atoms with Crippen LogP contribution in [0.5, 0.6) is 0 Å². The Kier molecular flexibility index (Phi) is 5.33. The van der Waals surface area contributed by atoms with Crippen LogP contribution in [0.3, 0.4) is 0 Å². The van der Waals surface area contributed by atoms with Gasteiger partial charge in [0.15, 0.2) is 0 Å². The maximum Gasteiger partial charge on any atom is 0.249 e. The van der Waals surface area contributed by atoms with Crippen molar-refractivity contribution in [3.05, 3.63) is 77.7 Å². The molecule has 0 saturated carbocycles. The number of nitrogens with zero attached hydrogens (tertiary/aromatic N) is 3. The summed E-state index contributed by atoms with van der Waals surface area (Å²) in [4.78, 5) is 19.3. The van der Waals surface area contributed by atoms with Gasteiger partial charge < -0.3 is 9.42 Å². The zero-order valence-electron chi connectivity index (χ0n) is 15.9. The van der Waals surface area contributed by atoms with E-state index in [1.54, 1.807) is 6.08 Å². The van der Waals surface area contributed by atoms with E-state index in [0.717, 1.165) is 36.0 Å². The second kappa shape index (κ2) is 8.21. The third-order valence-electron chi connectivity index (χ3n) is 5.01. The number of hydrogen-bond donors (Lipinski definition) is 0. The van der Waals surface area contributed by atoms with E-state index in [1.165, 1.54) is 0 Å². The molecule has 2 aromatic carbocycles. The maximum absolute atomic E-state index is 12.8. The van der Waals surface area contributed by atoms with Gasteiger partial charge in [0.25, 0.3) is 0 Å². The molecule has 2 heterocycles. The molecule has 5 nitrogen and oxygen atoms in total. The molecular weight excluding hydrogens is 350 g/mol. The third-order valence-corrected chi connectivity index (χ3v) is 5.01. The summed E-state index contributed by atoms with van der Waals surface area (Å²) in [5.74, 6) is 1.05. The Hall–Kier alpha value is -3.21. The average molecular weight is 373 g/mol. The molecule has 1 aliphatic rings. The van der Waals surface area contributed by atoms with Crippen molar-refractivity contribution in [2.75, 3.05) is 6.54 Å². The van der Waals surface area contributed by atoms with Gasteiger partial charge in [-0.25, -0.2) is 0 Å². The molecule has 1 saturated heterocycles. The van der Waals surface area contributed by atoms with Crippen LogP contribution in [0, 0.1) is 6.92 Å². The lowest BCUT2D eigenvalue weighted by atomic mass is 10.0. The summed E-state index contributed by atoms with van der Waals surface area (Å²) in [6.45, 7) is 2.73. The van der Waals surface area contributed by atoms with Crippen LogP contribution in [-0.2, 0) is 4.79 Å². The number of carbonyl (C=O) groups is 1. The number of piperidine rings is 1. The second-order valence-electron chi connectivity index (χ2n) is 7.11. The normalized spacial score (nSPS) is 17.2. The summed E-state index contributed by atoms with van der Waals surface area (Å²) in [5, 5.41) is 4.15. The van der Waals surface area contributed by atoms with Gasteiger partial charge in [0.05, 0.1) is 0 Å². The minimum atomic E-state index is -0.173. The van der Waals surface area contributed by atoms with E-state index in [4.69, 9.17) is 4.52 Å². The van der Waals surface area contributed by atoms with Crippen LogP contribution in [0.4, 0.5) is 0 Å². The molecule has 0 N–H and O–H groups in total. The Labute approximate surface area is 164 Å². The zero-order valence-corrected chi connectivity index (χ0v) is 15.9. The molecule has 0 aliphatic carbocycles. The lowest BCUT2D eigenvalue weighted by molar-refractivity contribution is -0.130. The predicted molar refractivity (Wildman–Crippen MR) is 108 cm³/mol. The van der Waals surface area contributed by atoms with Crippen molar-refractivity contribution in [2.24, 2.45) is 0 Å². The Bertz CT molecular complexity index is 978. The van der Waals surface area contributed by atoms with E-state index in [-0.39, 0.29) is 11.9 Å². The van der Waals surface area contributed by atoms with Gasteiger partial charge in [-0.1, -0.05) is 59.3 Å². The van der Waals surface area contributed by atoms with Crippen molar-refractivity contribution in [3.8, 4) is 11.4 Å². The highest BCUT2D eigenvalue weighted by Gasteiger charge is 2.31. The molecule has 1 fully saturated rings. The molecule has 4 rings (SSSR count). The van der Waals surface area contributed by atoms with Crippen molar-refractivity contribution in [1.82, 2.24) is 15.0 Å². The second-order valence-corrected chi connectivity index (χ2v) is 7.11. The molecule has 1 aliphatic heterocycles. The molecule has 0 bridgehead atoms. The van der Waals surface area contributed by atoms with Crippen molar-refractivity contribution in [1.29, 1.82) is 0 Å². The van der Waals surface area contributed by atoms with E-state index < -0.39 is 0 Å². The van der Waals surface area contributed by atoms with Crippen LogP contribution >= 0.6 is 0 Å². The Morgan fingerprint density at radius 3 is 2.82 bits per heavy atom. The fraction of sp³-hybridized carbons (Fsp3) is 0.261. The minimum Gasteiger partial charge on any atom is -0.337 e. The van der Waals surface area contributed by atoms with E-state index >= 15 is 0 Å². The largest absolute Gasteiger partial charge is 0.337 e. The molecule has 142 valence electrons. The SMILES string of the molecule is Cc1cccc(-c2noc(C3CCCCN3C(=O)/C=C/c3ccccc3)n2)c1. The molecular formula is C23H23N3O2. The molecule has 1 aromatic heterocycles. The minimum absolute atomic E-state index is 0.0242. The summed E-state index contributed by atoms with van der Waals surface area (Å²) in [7, 11) is 0. The number of aromatic nitrogens is 2. The standard InChI is InChI=1S/C23H23N3O2/c1-17-8-7-11-19(16-17)22-24-23(28-25-22)20-12-5-6-15-26(20)21(27)14-13-18-9-3-2-4-10-18/h2-4,7-11,13-14,16,20H,5-6,12,15H2,1H3/b14-13+. The summed E-state index contributed by atoms with van der Waals surface area (Å²) in [6, 6.07) is 17.7. The Balaban J connectivity index is 1.54. The van der Waals surface area contributed by atoms with E-state index in [2.05, 4.69) is 10.1 Å². The van der Waals surface area contributed by atoms with Crippen LogP contribution in [-0.4, -0.2) is 27.5 Å². The van der Waals surface area contributed by atoms with Gasteiger partial charge in [-0.15, -0.1) is 0 Å². The summed E-state index contributed by atoms with van der Waals surface area (Å²) in [5.41, 5.74) is 3.07. The van der Waals surface area contributed by atoms with Gasteiger partial charge >= 0.3 is 0 Å². The van der Waals surface area contributed by atoms with E-state index in [9.17, 15) is 4.79 Å². The summed E-state index contributed by atoms with van der Waals surface area (Å²) in [6.07, 6.45) is 6.34. The first kappa shape index (κ1) is 18.2. The smallest absolute Gasteiger partial charge is 0.249 e. The van der Waals surface area contributed by atoms with Crippen LogP contribution < -0.4 is 0 Å². The molecule has 1 atom stereocenters. The summed E-state index contributed by atoms with van der Waals surface area (Å²) >= 11 is 0. The number of likely N-dealkylation sites (tertiary alicyclic amines) is 1. The highest BCUT2D eigenvalue weighted by atomic mass is 16.5. The van der Waals surface area contributed by atoms with Crippen molar-refractivity contribution >= 4 is 12.0 Å². The first-order valence-corrected chi connectivity index (χ1v) is 9.65. The zero-order chi connectivity index (χ0) is 19.3. The lowest BCUT2D eigenvalue weighted by Gasteiger charge is -2.32.